The van der Waals surface area contributed by atoms with E-state index in [-0.39, 0.29) is 24.0 Å². The third kappa shape index (κ3) is 16.0. The Labute approximate surface area is 140 Å². The van der Waals surface area contributed by atoms with Gasteiger partial charge in [-0.2, -0.15) is 0 Å². The minimum atomic E-state index is -3.09. The molecule has 0 fully saturated rings. The molecule has 3 N–H and O–H groups in total. The van der Waals surface area contributed by atoms with Crippen molar-refractivity contribution in [3.63, 3.8) is 0 Å². The Morgan fingerprint density at radius 1 is 1.05 bits per heavy atom. The minimum Gasteiger partial charge on any atom is -0.357 e. The van der Waals surface area contributed by atoms with Gasteiger partial charge in [-0.25, -0.2) is 13.1 Å². The Bertz CT molecular complexity index is 347. The van der Waals surface area contributed by atoms with Crippen molar-refractivity contribution in [1.29, 1.82) is 0 Å². The summed E-state index contributed by atoms with van der Waals surface area (Å²) in [5, 5.41) is 6.43. The molecule has 0 atom stereocenters. The number of nitrogens with one attached hydrogen (secondary N) is 3. The van der Waals surface area contributed by atoms with Gasteiger partial charge < -0.3 is 10.6 Å². The van der Waals surface area contributed by atoms with Crippen LogP contribution < -0.4 is 15.4 Å². The maximum absolute atomic E-state index is 10.9. The molecule has 0 aromatic heterocycles. The molecule has 0 spiro atoms. The number of hydrogen-bond acceptors (Lipinski definition) is 3. The van der Waals surface area contributed by atoms with Crippen LogP contribution in [0.4, 0.5) is 0 Å². The van der Waals surface area contributed by atoms with Gasteiger partial charge in [0, 0.05) is 26.2 Å². The van der Waals surface area contributed by atoms with Crippen LogP contribution in [0.1, 0.15) is 39.5 Å². The number of hydrogen-bond donors (Lipinski definition) is 3. The molecule has 8 heteroatoms. The Balaban J connectivity index is 0. The number of unbranched alkanes of at least 4 members (excludes halogenated alkanes) is 2. The third-order valence-electron chi connectivity index (χ3n) is 2.39. The normalized spacial score (nSPS) is 11.8. The van der Waals surface area contributed by atoms with E-state index in [9.17, 15) is 8.42 Å². The summed E-state index contributed by atoms with van der Waals surface area (Å²) in [5.74, 6) is 0.804. The van der Waals surface area contributed by atoms with Gasteiger partial charge in [-0.1, -0.05) is 19.8 Å². The predicted molar refractivity (Wildman–Crippen MR) is 96.4 cm³/mol. The average Bonchev–Trinajstić information content (AvgIpc) is 2.32. The highest BCUT2D eigenvalue weighted by Crippen LogP contribution is 1.91. The van der Waals surface area contributed by atoms with Crippen LogP contribution in [-0.2, 0) is 10.0 Å². The molecule has 122 valence electrons. The van der Waals surface area contributed by atoms with E-state index < -0.39 is 10.0 Å². The van der Waals surface area contributed by atoms with Crippen LogP contribution in [0.25, 0.3) is 0 Å². The Morgan fingerprint density at radius 3 is 2.30 bits per heavy atom. The van der Waals surface area contributed by atoms with Crippen molar-refractivity contribution in [2.45, 2.75) is 39.5 Å². The zero-order valence-corrected chi connectivity index (χ0v) is 15.9. The molecular formula is C12H29IN4O2S. The molecule has 0 saturated carbocycles. The molecular weight excluding hydrogens is 391 g/mol. The Kier molecular flexibility index (Phi) is 15.4. The molecule has 6 nitrogen and oxygen atoms in total. The van der Waals surface area contributed by atoms with Crippen LogP contribution in [-0.4, -0.2) is 46.8 Å². The lowest BCUT2D eigenvalue weighted by Gasteiger charge is -2.10. The standard InChI is InChI=1S/C12H28N4O2S.HI/c1-4-6-7-9-14-12(13-5-2)15-10-8-11-16-19(3,17)18;/h16H,4-11H2,1-3H3,(H2,13,14,15);1H. The Hall–Kier alpha value is -0.0900. The van der Waals surface area contributed by atoms with Crippen molar-refractivity contribution in [3.8, 4) is 0 Å². The fraction of sp³-hybridized carbons (Fsp3) is 0.917. The third-order valence-corrected chi connectivity index (χ3v) is 3.11. The van der Waals surface area contributed by atoms with E-state index >= 15 is 0 Å². The van der Waals surface area contributed by atoms with E-state index in [1.807, 2.05) is 6.92 Å². The number of aliphatic imine (C=N–C) groups is 1. The lowest BCUT2D eigenvalue weighted by Crippen LogP contribution is -2.38. The molecule has 0 aromatic carbocycles. The summed E-state index contributed by atoms with van der Waals surface area (Å²) in [6, 6.07) is 0. The number of guanidine groups is 1. The number of sulfonamides is 1. The molecule has 0 bridgehead atoms. The highest BCUT2D eigenvalue weighted by molar-refractivity contribution is 14.0. The molecule has 0 rings (SSSR count). The van der Waals surface area contributed by atoms with E-state index in [0.29, 0.717) is 19.5 Å². The minimum absolute atomic E-state index is 0. The zero-order chi connectivity index (χ0) is 14.6. The van der Waals surface area contributed by atoms with Crippen LogP contribution in [0.5, 0.6) is 0 Å². The van der Waals surface area contributed by atoms with Crippen LogP contribution in [0, 0.1) is 0 Å². The van der Waals surface area contributed by atoms with Crippen molar-refractivity contribution in [3.05, 3.63) is 0 Å². The maximum Gasteiger partial charge on any atom is 0.208 e. The summed E-state index contributed by atoms with van der Waals surface area (Å²) in [6.07, 6.45) is 5.40. The van der Waals surface area contributed by atoms with E-state index in [4.69, 9.17) is 0 Å². The number of rotatable bonds is 10. The van der Waals surface area contributed by atoms with Gasteiger partial charge in [0.15, 0.2) is 5.96 Å². The molecule has 0 saturated heterocycles. The molecule has 0 aliphatic heterocycles. The van der Waals surface area contributed by atoms with E-state index in [1.165, 1.54) is 12.8 Å². The number of halogens is 1. The first kappa shape index (κ1) is 22.2. The predicted octanol–water partition coefficient (Wildman–Crippen LogP) is 1.29. The molecule has 0 amide bonds. The van der Waals surface area contributed by atoms with Gasteiger partial charge in [0.25, 0.3) is 0 Å². The molecule has 0 aliphatic rings. The van der Waals surface area contributed by atoms with Gasteiger partial charge >= 0.3 is 0 Å². The topological polar surface area (TPSA) is 82.6 Å². The van der Waals surface area contributed by atoms with Crippen molar-refractivity contribution in [2.75, 3.05) is 32.4 Å². The second kappa shape index (κ2) is 13.9. The van der Waals surface area contributed by atoms with Gasteiger partial charge in [0.05, 0.1) is 6.26 Å². The second-order valence-electron chi connectivity index (χ2n) is 4.41. The largest absolute Gasteiger partial charge is 0.357 e. The summed E-state index contributed by atoms with van der Waals surface area (Å²) in [5.41, 5.74) is 0. The van der Waals surface area contributed by atoms with Crippen LogP contribution >= 0.6 is 24.0 Å². The van der Waals surface area contributed by atoms with Crippen LogP contribution in [0.2, 0.25) is 0 Å². The van der Waals surface area contributed by atoms with Crippen LogP contribution in [0.3, 0.4) is 0 Å². The highest BCUT2D eigenvalue weighted by atomic mass is 127. The molecule has 0 heterocycles. The molecule has 0 unspecified atom stereocenters. The van der Waals surface area contributed by atoms with Crippen molar-refractivity contribution in [1.82, 2.24) is 15.4 Å². The first-order valence-electron chi connectivity index (χ1n) is 6.96. The van der Waals surface area contributed by atoms with Gasteiger partial charge in [-0.05, 0) is 19.8 Å². The van der Waals surface area contributed by atoms with Gasteiger partial charge in [-0.3, -0.25) is 4.99 Å². The summed E-state index contributed by atoms with van der Waals surface area (Å²) < 4.78 is 24.2. The SMILES string of the molecule is CCCCCNC(=NCCCNS(C)(=O)=O)NCC.I. The van der Waals surface area contributed by atoms with Crippen molar-refractivity contribution >= 4 is 40.0 Å². The van der Waals surface area contributed by atoms with E-state index in [0.717, 1.165) is 31.7 Å². The van der Waals surface area contributed by atoms with Gasteiger partial charge in [-0.15, -0.1) is 24.0 Å². The smallest absolute Gasteiger partial charge is 0.208 e. The second-order valence-corrected chi connectivity index (χ2v) is 6.25. The molecule has 20 heavy (non-hydrogen) atoms. The van der Waals surface area contributed by atoms with Gasteiger partial charge in [0.2, 0.25) is 10.0 Å². The maximum atomic E-state index is 10.9. The average molecular weight is 420 g/mol. The Morgan fingerprint density at radius 2 is 1.75 bits per heavy atom. The first-order valence-corrected chi connectivity index (χ1v) is 8.85. The summed E-state index contributed by atoms with van der Waals surface area (Å²) >= 11 is 0. The summed E-state index contributed by atoms with van der Waals surface area (Å²) in [6.45, 7) is 6.97. The van der Waals surface area contributed by atoms with Crippen molar-refractivity contribution in [2.24, 2.45) is 4.99 Å². The fourth-order valence-corrected chi connectivity index (χ4v) is 1.97. The van der Waals surface area contributed by atoms with Gasteiger partial charge in [0.1, 0.15) is 0 Å². The van der Waals surface area contributed by atoms with Crippen molar-refractivity contribution < 1.29 is 8.42 Å². The van der Waals surface area contributed by atoms with E-state index in [1.54, 1.807) is 0 Å². The lowest BCUT2D eigenvalue weighted by molar-refractivity contribution is 0.585. The quantitative estimate of drug-likeness (QED) is 0.215. The number of nitrogens with zero attached hydrogens (tertiary/aromatic N) is 1. The summed E-state index contributed by atoms with van der Waals surface area (Å²) in [7, 11) is -3.09. The summed E-state index contributed by atoms with van der Waals surface area (Å²) in [4.78, 5) is 4.39. The van der Waals surface area contributed by atoms with Crippen LogP contribution in [0.15, 0.2) is 4.99 Å². The van der Waals surface area contributed by atoms with E-state index in [2.05, 4.69) is 27.3 Å². The zero-order valence-electron chi connectivity index (χ0n) is 12.7. The molecule has 0 aromatic rings. The monoisotopic (exact) mass is 420 g/mol. The molecule has 0 radical (unpaired) electrons. The first-order chi connectivity index (χ1) is 8.99. The highest BCUT2D eigenvalue weighted by Gasteiger charge is 1.99. The molecule has 0 aliphatic carbocycles. The lowest BCUT2D eigenvalue weighted by atomic mass is 10.2. The fourth-order valence-electron chi connectivity index (χ4n) is 1.45.